The number of carbonyl (C=O) groups is 1. The van der Waals surface area contributed by atoms with Crippen molar-refractivity contribution in [1.29, 1.82) is 0 Å². The maximum Gasteiger partial charge on any atom is 0.289 e. The predicted molar refractivity (Wildman–Crippen MR) is 107 cm³/mol. The van der Waals surface area contributed by atoms with Gasteiger partial charge in [0, 0.05) is 31.7 Å². The standard InChI is InChI=1S/C22H20N4O3/c27-22(19-9-4-14-28-19)26-12-10-25(11-13-26)15-20-23-21(29-24-20)18-8-3-6-16-5-1-2-7-17(16)18/h1-9,14H,10-13,15H2. The minimum absolute atomic E-state index is 0.0625. The molecule has 0 unspecified atom stereocenters. The van der Waals surface area contributed by atoms with Crippen molar-refractivity contribution in [2.75, 3.05) is 26.2 Å². The molecule has 5 rings (SSSR count). The van der Waals surface area contributed by atoms with Gasteiger partial charge in [0.25, 0.3) is 11.8 Å². The Kier molecular flexibility index (Phi) is 4.57. The first kappa shape index (κ1) is 17.6. The van der Waals surface area contributed by atoms with Gasteiger partial charge in [-0.1, -0.05) is 41.6 Å². The van der Waals surface area contributed by atoms with Gasteiger partial charge < -0.3 is 13.8 Å². The van der Waals surface area contributed by atoms with Gasteiger partial charge in [0.2, 0.25) is 0 Å². The monoisotopic (exact) mass is 388 g/mol. The van der Waals surface area contributed by atoms with Crippen LogP contribution in [0.4, 0.5) is 0 Å². The third kappa shape index (κ3) is 3.52. The van der Waals surface area contributed by atoms with Crippen LogP contribution in [0.15, 0.2) is 69.8 Å². The smallest absolute Gasteiger partial charge is 0.289 e. The van der Waals surface area contributed by atoms with E-state index in [1.165, 1.54) is 6.26 Å². The van der Waals surface area contributed by atoms with Crippen molar-refractivity contribution in [3.8, 4) is 11.5 Å². The molecule has 0 aliphatic carbocycles. The molecule has 1 saturated heterocycles. The number of fused-ring (bicyclic) bond motifs is 1. The second-order valence-electron chi connectivity index (χ2n) is 7.09. The highest BCUT2D eigenvalue weighted by molar-refractivity contribution is 5.94. The number of hydrogen-bond donors (Lipinski definition) is 0. The van der Waals surface area contributed by atoms with Crippen molar-refractivity contribution >= 4 is 16.7 Å². The van der Waals surface area contributed by atoms with Crippen LogP contribution in [-0.4, -0.2) is 52.0 Å². The lowest BCUT2D eigenvalue weighted by Gasteiger charge is -2.33. The second kappa shape index (κ2) is 7.52. The molecule has 1 aliphatic rings. The minimum atomic E-state index is -0.0625. The van der Waals surface area contributed by atoms with E-state index in [2.05, 4.69) is 33.2 Å². The van der Waals surface area contributed by atoms with Crippen LogP contribution >= 0.6 is 0 Å². The first-order valence-corrected chi connectivity index (χ1v) is 9.64. The van der Waals surface area contributed by atoms with Crippen molar-refractivity contribution < 1.29 is 13.7 Å². The van der Waals surface area contributed by atoms with Crippen molar-refractivity contribution in [3.63, 3.8) is 0 Å². The number of nitrogens with zero attached hydrogens (tertiary/aromatic N) is 4. The summed E-state index contributed by atoms with van der Waals surface area (Å²) in [5, 5.41) is 6.40. The summed E-state index contributed by atoms with van der Waals surface area (Å²) >= 11 is 0. The highest BCUT2D eigenvalue weighted by Crippen LogP contribution is 2.27. The average molecular weight is 388 g/mol. The molecule has 7 heteroatoms. The Bertz CT molecular complexity index is 1120. The van der Waals surface area contributed by atoms with Gasteiger partial charge >= 0.3 is 0 Å². The lowest BCUT2D eigenvalue weighted by Crippen LogP contribution is -2.48. The Balaban J connectivity index is 1.25. The molecular weight excluding hydrogens is 368 g/mol. The SMILES string of the molecule is O=C(c1ccco1)N1CCN(Cc2noc(-c3cccc4ccccc34)n2)CC1. The van der Waals surface area contributed by atoms with Crippen LogP contribution < -0.4 is 0 Å². The van der Waals surface area contributed by atoms with Crippen LogP contribution in [0, 0.1) is 0 Å². The van der Waals surface area contributed by atoms with E-state index in [-0.39, 0.29) is 5.91 Å². The molecular formula is C22H20N4O3. The Morgan fingerprint density at radius 1 is 0.966 bits per heavy atom. The van der Waals surface area contributed by atoms with Crippen LogP contribution in [0.3, 0.4) is 0 Å². The number of furan rings is 1. The number of aromatic nitrogens is 2. The van der Waals surface area contributed by atoms with Crippen LogP contribution in [0.5, 0.6) is 0 Å². The van der Waals surface area contributed by atoms with Crippen LogP contribution in [0.2, 0.25) is 0 Å². The van der Waals surface area contributed by atoms with Crippen molar-refractivity contribution in [2.24, 2.45) is 0 Å². The maximum absolute atomic E-state index is 12.4. The Hall–Kier alpha value is -3.45. The number of rotatable bonds is 4. The number of hydrogen-bond acceptors (Lipinski definition) is 6. The van der Waals surface area contributed by atoms with Gasteiger partial charge in [0.1, 0.15) is 0 Å². The third-order valence-electron chi connectivity index (χ3n) is 5.24. The molecule has 2 aromatic heterocycles. The zero-order valence-electron chi connectivity index (χ0n) is 15.8. The number of carbonyl (C=O) groups excluding carboxylic acids is 1. The highest BCUT2D eigenvalue weighted by atomic mass is 16.5. The molecule has 146 valence electrons. The summed E-state index contributed by atoms with van der Waals surface area (Å²) in [6, 6.07) is 17.6. The molecule has 3 heterocycles. The minimum Gasteiger partial charge on any atom is -0.459 e. The summed E-state index contributed by atoms with van der Waals surface area (Å²) in [7, 11) is 0. The topological polar surface area (TPSA) is 75.6 Å². The van der Waals surface area contributed by atoms with E-state index in [1.54, 1.807) is 12.1 Å². The molecule has 1 amide bonds. The van der Waals surface area contributed by atoms with E-state index in [4.69, 9.17) is 8.94 Å². The van der Waals surface area contributed by atoms with E-state index in [9.17, 15) is 4.79 Å². The van der Waals surface area contributed by atoms with Crippen molar-refractivity contribution in [2.45, 2.75) is 6.54 Å². The van der Waals surface area contributed by atoms with Gasteiger partial charge in [-0.15, -0.1) is 0 Å². The Labute approximate surface area is 167 Å². The molecule has 0 bridgehead atoms. The summed E-state index contributed by atoms with van der Waals surface area (Å²) in [6.07, 6.45) is 1.52. The first-order chi connectivity index (χ1) is 14.3. The molecule has 7 nitrogen and oxygen atoms in total. The van der Waals surface area contributed by atoms with E-state index < -0.39 is 0 Å². The molecule has 4 aromatic rings. The normalized spacial score (nSPS) is 15.1. The van der Waals surface area contributed by atoms with Gasteiger partial charge in [-0.05, 0) is 29.0 Å². The lowest BCUT2D eigenvalue weighted by atomic mass is 10.0. The fraction of sp³-hybridized carbons (Fsp3) is 0.227. The fourth-order valence-electron chi connectivity index (χ4n) is 3.70. The second-order valence-corrected chi connectivity index (χ2v) is 7.09. The maximum atomic E-state index is 12.4. The quantitative estimate of drug-likeness (QED) is 0.533. The number of amides is 1. The van der Waals surface area contributed by atoms with E-state index in [0.29, 0.717) is 37.1 Å². The van der Waals surface area contributed by atoms with E-state index in [1.807, 2.05) is 29.2 Å². The molecule has 1 fully saturated rings. The van der Waals surface area contributed by atoms with Gasteiger partial charge in [0.05, 0.1) is 12.8 Å². The van der Waals surface area contributed by atoms with E-state index >= 15 is 0 Å². The van der Waals surface area contributed by atoms with Gasteiger partial charge in [-0.3, -0.25) is 9.69 Å². The average Bonchev–Trinajstić information content (AvgIpc) is 3.46. The molecule has 0 N–H and O–H groups in total. The summed E-state index contributed by atoms with van der Waals surface area (Å²) in [4.78, 5) is 21.0. The first-order valence-electron chi connectivity index (χ1n) is 9.64. The predicted octanol–water partition coefficient (Wildman–Crippen LogP) is 3.44. The zero-order chi connectivity index (χ0) is 19.6. The summed E-state index contributed by atoms with van der Waals surface area (Å²) in [5.74, 6) is 1.51. The lowest BCUT2D eigenvalue weighted by molar-refractivity contribution is 0.0594. The van der Waals surface area contributed by atoms with Crippen LogP contribution in [-0.2, 0) is 6.54 Å². The van der Waals surface area contributed by atoms with Crippen LogP contribution in [0.25, 0.3) is 22.2 Å². The summed E-state index contributed by atoms with van der Waals surface area (Å²) in [5.41, 5.74) is 0.940. The van der Waals surface area contributed by atoms with Crippen LogP contribution in [0.1, 0.15) is 16.4 Å². The van der Waals surface area contributed by atoms with E-state index in [0.717, 1.165) is 29.4 Å². The van der Waals surface area contributed by atoms with Gasteiger partial charge in [0.15, 0.2) is 11.6 Å². The number of piperazine rings is 1. The molecule has 0 atom stereocenters. The van der Waals surface area contributed by atoms with Gasteiger partial charge in [-0.2, -0.15) is 4.98 Å². The molecule has 0 spiro atoms. The highest BCUT2D eigenvalue weighted by Gasteiger charge is 2.24. The fourth-order valence-corrected chi connectivity index (χ4v) is 3.70. The Morgan fingerprint density at radius 3 is 2.62 bits per heavy atom. The van der Waals surface area contributed by atoms with Crippen molar-refractivity contribution in [3.05, 3.63) is 72.4 Å². The third-order valence-corrected chi connectivity index (χ3v) is 5.24. The summed E-state index contributed by atoms with van der Waals surface area (Å²) < 4.78 is 10.8. The zero-order valence-corrected chi connectivity index (χ0v) is 15.8. The molecule has 0 radical (unpaired) electrons. The largest absolute Gasteiger partial charge is 0.459 e. The molecule has 29 heavy (non-hydrogen) atoms. The van der Waals surface area contributed by atoms with Gasteiger partial charge in [-0.25, -0.2) is 0 Å². The molecule has 2 aromatic carbocycles. The molecule has 0 saturated carbocycles. The Morgan fingerprint density at radius 2 is 1.79 bits per heavy atom. The molecule has 1 aliphatic heterocycles. The van der Waals surface area contributed by atoms with Crippen molar-refractivity contribution in [1.82, 2.24) is 19.9 Å². The summed E-state index contributed by atoms with van der Waals surface area (Å²) in [6.45, 7) is 3.40. The number of benzene rings is 2.